The Balaban J connectivity index is 1.62. The summed E-state index contributed by atoms with van der Waals surface area (Å²) in [5.41, 5.74) is 1.28. The molecule has 1 aromatic carbocycles. The van der Waals surface area contributed by atoms with Crippen molar-refractivity contribution >= 4 is 11.6 Å². The molecule has 0 radical (unpaired) electrons. The SMILES string of the molecule is O=C(c1cnc2ccccn2c1=O)N1CCOC(c2ccccc2)C1. The molecule has 6 heteroatoms. The molecular weight excluding hydrogens is 318 g/mol. The van der Waals surface area contributed by atoms with Gasteiger partial charge in [0.25, 0.3) is 11.5 Å². The summed E-state index contributed by atoms with van der Waals surface area (Å²) in [5.74, 6) is -0.306. The maximum atomic E-state index is 12.9. The summed E-state index contributed by atoms with van der Waals surface area (Å²) >= 11 is 0. The summed E-state index contributed by atoms with van der Waals surface area (Å²) in [6.07, 6.45) is 2.80. The standard InChI is InChI=1S/C19H17N3O3/c23-18(15-12-20-17-8-4-5-9-22(17)19(15)24)21-10-11-25-16(13-21)14-6-2-1-3-7-14/h1-9,12,16H,10-11,13H2. The monoisotopic (exact) mass is 335 g/mol. The lowest BCUT2D eigenvalue weighted by molar-refractivity contribution is -0.0229. The van der Waals surface area contributed by atoms with Crippen LogP contribution in [0.15, 0.2) is 65.7 Å². The number of benzene rings is 1. The van der Waals surface area contributed by atoms with Crippen LogP contribution in [0, 0.1) is 0 Å². The Morgan fingerprint density at radius 2 is 1.92 bits per heavy atom. The lowest BCUT2D eigenvalue weighted by Crippen LogP contribution is -2.44. The van der Waals surface area contributed by atoms with Crippen molar-refractivity contribution in [3.63, 3.8) is 0 Å². The largest absolute Gasteiger partial charge is 0.370 e. The smallest absolute Gasteiger partial charge is 0.270 e. The lowest BCUT2D eigenvalue weighted by atomic mass is 10.1. The number of fused-ring (bicyclic) bond motifs is 1. The molecule has 1 fully saturated rings. The first-order valence-corrected chi connectivity index (χ1v) is 8.16. The number of morpholine rings is 1. The number of carbonyl (C=O) groups excluding carboxylic acids is 1. The minimum absolute atomic E-state index is 0.0809. The van der Waals surface area contributed by atoms with Crippen LogP contribution in [0.25, 0.3) is 5.65 Å². The molecule has 1 aliphatic rings. The summed E-state index contributed by atoms with van der Waals surface area (Å²) < 4.78 is 7.18. The molecule has 0 aliphatic carbocycles. The van der Waals surface area contributed by atoms with Crippen LogP contribution in [0.4, 0.5) is 0 Å². The van der Waals surface area contributed by atoms with Crippen LogP contribution in [0.3, 0.4) is 0 Å². The molecule has 1 aliphatic heterocycles. The number of hydrogen-bond acceptors (Lipinski definition) is 4. The van der Waals surface area contributed by atoms with Crippen molar-refractivity contribution in [3.05, 3.63) is 82.4 Å². The van der Waals surface area contributed by atoms with E-state index in [1.165, 1.54) is 10.6 Å². The van der Waals surface area contributed by atoms with E-state index in [4.69, 9.17) is 4.74 Å². The van der Waals surface area contributed by atoms with E-state index in [1.807, 2.05) is 30.3 Å². The average Bonchev–Trinajstić information content (AvgIpc) is 2.69. The number of carbonyl (C=O) groups is 1. The number of hydrogen-bond donors (Lipinski definition) is 0. The molecule has 25 heavy (non-hydrogen) atoms. The van der Waals surface area contributed by atoms with Crippen LogP contribution in [0.1, 0.15) is 22.0 Å². The minimum Gasteiger partial charge on any atom is -0.370 e. The maximum Gasteiger partial charge on any atom is 0.270 e. The number of amides is 1. The van der Waals surface area contributed by atoms with Crippen molar-refractivity contribution in [2.75, 3.05) is 19.7 Å². The maximum absolute atomic E-state index is 12.9. The zero-order valence-corrected chi connectivity index (χ0v) is 13.5. The highest BCUT2D eigenvalue weighted by Crippen LogP contribution is 2.22. The Hall–Kier alpha value is -2.99. The lowest BCUT2D eigenvalue weighted by Gasteiger charge is -2.33. The van der Waals surface area contributed by atoms with Crippen molar-refractivity contribution in [2.24, 2.45) is 0 Å². The average molecular weight is 335 g/mol. The van der Waals surface area contributed by atoms with E-state index in [0.29, 0.717) is 25.3 Å². The molecule has 2 aromatic heterocycles. The topological polar surface area (TPSA) is 63.9 Å². The van der Waals surface area contributed by atoms with Crippen molar-refractivity contribution in [2.45, 2.75) is 6.10 Å². The summed E-state index contributed by atoms with van der Waals surface area (Å²) in [6.45, 7) is 1.31. The van der Waals surface area contributed by atoms with Gasteiger partial charge in [0.05, 0.1) is 13.2 Å². The van der Waals surface area contributed by atoms with E-state index in [-0.39, 0.29) is 23.1 Å². The summed E-state index contributed by atoms with van der Waals surface area (Å²) in [7, 11) is 0. The van der Waals surface area contributed by atoms with Gasteiger partial charge < -0.3 is 9.64 Å². The Labute approximate surface area is 144 Å². The van der Waals surface area contributed by atoms with E-state index in [1.54, 1.807) is 29.3 Å². The zero-order chi connectivity index (χ0) is 17.2. The van der Waals surface area contributed by atoms with Crippen LogP contribution in [-0.2, 0) is 4.74 Å². The second-order valence-electron chi connectivity index (χ2n) is 5.93. The first kappa shape index (κ1) is 15.5. The first-order chi connectivity index (χ1) is 12.2. The van der Waals surface area contributed by atoms with Gasteiger partial charge in [0.1, 0.15) is 17.3 Å². The molecular formula is C19H17N3O3. The minimum atomic E-state index is -0.349. The molecule has 1 unspecified atom stereocenters. The van der Waals surface area contributed by atoms with Gasteiger partial charge in [-0.1, -0.05) is 36.4 Å². The second kappa shape index (κ2) is 6.49. The Morgan fingerprint density at radius 1 is 1.12 bits per heavy atom. The Morgan fingerprint density at radius 3 is 2.76 bits per heavy atom. The highest BCUT2D eigenvalue weighted by atomic mass is 16.5. The molecule has 0 saturated carbocycles. The Bertz CT molecular complexity index is 968. The molecule has 1 atom stereocenters. The number of rotatable bonds is 2. The Kier molecular flexibility index (Phi) is 4.03. The summed E-state index contributed by atoms with van der Waals surface area (Å²) in [6, 6.07) is 15.1. The molecule has 0 bridgehead atoms. The van der Waals surface area contributed by atoms with Gasteiger partial charge >= 0.3 is 0 Å². The zero-order valence-electron chi connectivity index (χ0n) is 13.5. The van der Waals surface area contributed by atoms with Gasteiger partial charge in [0, 0.05) is 18.9 Å². The van der Waals surface area contributed by atoms with Crippen molar-refractivity contribution in [1.29, 1.82) is 0 Å². The highest BCUT2D eigenvalue weighted by Gasteiger charge is 2.27. The van der Waals surface area contributed by atoms with Gasteiger partial charge in [-0.05, 0) is 17.7 Å². The molecule has 0 N–H and O–H groups in total. The third-order valence-corrected chi connectivity index (χ3v) is 4.37. The fourth-order valence-corrected chi connectivity index (χ4v) is 3.05. The number of pyridine rings is 1. The highest BCUT2D eigenvalue weighted by molar-refractivity contribution is 5.93. The van der Waals surface area contributed by atoms with E-state index in [0.717, 1.165) is 5.56 Å². The van der Waals surface area contributed by atoms with Gasteiger partial charge in [-0.15, -0.1) is 0 Å². The van der Waals surface area contributed by atoms with Gasteiger partial charge in [-0.25, -0.2) is 4.98 Å². The summed E-state index contributed by atoms with van der Waals surface area (Å²) in [5, 5.41) is 0. The third kappa shape index (κ3) is 2.92. The van der Waals surface area contributed by atoms with Crippen molar-refractivity contribution in [1.82, 2.24) is 14.3 Å². The van der Waals surface area contributed by atoms with Crippen LogP contribution >= 0.6 is 0 Å². The number of nitrogens with zero attached hydrogens (tertiary/aromatic N) is 3. The van der Waals surface area contributed by atoms with Gasteiger partial charge in [-0.3, -0.25) is 14.0 Å². The molecule has 3 aromatic rings. The molecule has 126 valence electrons. The first-order valence-electron chi connectivity index (χ1n) is 8.16. The van der Waals surface area contributed by atoms with Crippen molar-refractivity contribution in [3.8, 4) is 0 Å². The molecule has 0 spiro atoms. The van der Waals surface area contributed by atoms with Crippen LogP contribution in [0.5, 0.6) is 0 Å². The van der Waals surface area contributed by atoms with Crippen LogP contribution in [-0.4, -0.2) is 39.9 Å². The number of ether oxygens (including phenoxy) is 1. The van der Waals surface area contributed by atoms with Gasteiger partial charge in [-0.2, -0.15) is 0 Å². The van der Waals surface area contributed by atoms with E-state index in [2.05, 4.69) is 4.98 Å². The van der Waals surface area contributed by atoms with E-state index < -0.39 is 0 Å². The van der Waals surface area contributed by atoms with Crippen molar-refractivity contribution < 1.29 is 9.53 Å². The summed E-state index contributed by atoms with van der Waals surface area (Å²) in [4.78, 5) is 31.3. The fraction of sp³-hybridized carbons (Fsp3) is 0.211. The van der Waals surface area contributed by atoms with Crippen LogP contribution in [0.2, 0.25) is 0 Å². The van der Waals surface area contributed by atoms with Gasteiger partial charge in [0.15, 0.2) is 0 Å². The fourth-order valence-electron chi connectivity index (χ4n) is 3.05. The number of aromatic nitrogens is 2. The third-order valence-electron chi connectivity index (χ3n) is 4.37. The molecule has 3 heterocycles. The normalized spacial score (nSPS) is 17.6. The van der Waals surface area contributed by atoms with Crippen LogP contribution < -0.4 is 5.56 Å². The van der Waals surface area contributed by atoms with Gasteiger partial charge in [0.2, 0.25) is 0 Å². The quantitative estimate of drug-likeness (QED) is 0.718. The predicted molar refractivity (Wildman–Crippen MR) is 92.5 cm³/mol. The van der Waals surface area contributed by atoms with E-state index >= 15 is 0 Å². The molecule has 1 amide bonds. The van der Waals surface area contributed by atoms with E-state index in [9.17, 15) is 9.59 Å². The molecule has 1 saturated heterocycles. The predicted octanol–water partition coefficient (Wildman–Crippen LogP) is 1.91. The molecule has 6 nitrogen and oxygen atoms in total. The second-order valence-corrected chi connectivity index (χ2v) is 5.93. The molecule has 4 rings (SSSR count).